The van der Waals surface area contributed by atoms with Gasteiger partial charge in [-0.05, 0) is 41.4 Å². The number of para-hydroxylation sites is 1. The molecular formula is C14H17BrN2O. The van der Waals surface area contributed by atoms with E-state index in [1.807, 2.05) is 12.1 Å². The van der Waals surface area contributed by atoms with Gasteiger partial charge in [0, 0.05) is 21.6 Å². The first-order valence-electron chi connectivity index (χ1n) is 6.38. The van der Waals surface area contributed by atoms with Crippen LogP contribution >= 0.6 is 15.9 Å². The fourth-order valence-electron chi connectivity index (χ4n) is 2.69. The van der Waals surface area contributed by atoms with Crippen molar-refractivity contribution in [1.82, 2.24) is 10.3 Å². The molecule has 2 N–H and O–H groups in total. The highest BCUT2D eigenvalue weighted by atomic mass is 79.9. The summed E-state index contributed by atoms with van der Waals surface area (Å²) in [4.78, 5) is 3.52. The lowest BCUT2D eigenvalue weighted by atomic mass is 10.0. The number of ether oxygens (including phenoxy) is 1. The van der Waals surface area contributed by atoms with Crippen molar-refractivity contribution in [3.8, 4) is 5.75 Å². The van der Waals surface area contributed by atoms with Crippen molar-refractivity contribution in [3.63, 3.8) is 0 Å². The van der Waals surface area contributed by atoms with Gasteiger partial charge in [-0.3, -0.25) is 0 Å². The van der Waals surface area contributed by atoms with E-state index in [1.54, 1.807) is 7.11 Å². The molecule has 1 unspecified atom stereocenters. The topological polar surface area (TPSA) is 37.0 Å². The summed E-state index contributed by atoms with van der Waals surface area (Å²) < 4.78 is 6.57. The van der Waals surface area contributed by atoms with Crippen LogP contribution in [0.25, 0.3) is 10.9 Å². The number of hydrogen-bond acceptors (Lipinski definition) is 2. The number of halogens is 1. The molecule has 96 valence electrons. The molecule has 0 bridgehead atoms. The van der Waals surface area contributed by atoms with Gasteiger partial charge in [-0.15, -0.1) is 0 Å². The van der Waals surface area contributed by atoms with Crippen molar-refractivity contribution >= 4 is 26.8 Å². The van der Waals surface area contributed by atoms with E-state index in [9.17, 15) is 0 Å². The average Bonchev–Trinajstić information content (AvgIpc) is 2.77. The molecule has 18 heavy (non-hydrogen) atoms. The molecule has 1 aromatic heterocycles. The van der Waals surface area contributed by atoms with Gasteiger partial charge in [-0.1, -0.05) is 18.6 Å². The molecule has 1 atom stereocenters. The summed E-state index contributed by atoms with van der Waals surface area (Å²) in [5, 5.41) is 4.76. The van der Waals surface area contributed by atoms with E-state index in [0.29, 0.717) is 6.04 Å². The molecule has 0 radical (unpaired) electrons. The molecule has 2 heterocycles. The van der Waals surface area contributed by atoms with Crippen LogP contribution in [0.2, 0.25) is 0 Å². The second kappa shape index (κ2) is 4.94. The molecule has 2 aromatic rings. The Hall–Kier alpha value is -1.00. The molecule has 1 saturated heterocycles. The van der Waals surface area contributed by atoms with Gasteiger partial charge < -0.3 is 15.0 Å². The lowest BCUT2D eigenvalue weighted by molar-refractivity contribution is 0.404. The minimum absolute atomic E-state index is 0.422. The second-order valence-corrected chi connectivity index (χ2v) is 5.53. The fourth-order valence-corrected chi connectivity index (χ4v) is 3.39. The molecule has 0 amide bonds. The predicted octanol–water partition coefficient (Wildman–Crippen LogP) is 3.75. The van der Waals surface area contributed by atoms with E-state index >= 15 is 0 Å². The van der Waals surface area contributed by atoms with E-state index in [4.69, 9.17) is 4.74 Å². The monoisotopic (exact) mass is 308 g/mol. The number of fused-ring (bicyclic) bond motifs is 1. The number of methoxy groups -OCH3 is 1. The molecule has 1 aliphatic rings. The number of aromatic nitrogens is 1. The summed E-state index contributed by atoms with van der Waals surface area (Å²) >= 11 is 3.72. The van der Waals surface area contributed by atoms with Gasteiger partial charge in [0.25, 0.3) is 0 Å². The molecule has 1 aromatic carbocycles. The summed E-state index contributed by atoms with van der Waals surface area (Å²) in [7, 11) is 1.71. The van der Waals surface area contributed by atoms with E-state index in [1.165, 1.54) is 30.3 Å². The first-order valence-corrected chi connectivity index (χ1v) is 7.18. The van der Waals surface area contributed by atoms with Gasteiger partial charge in [-0.2, -0.15) is 0 Å². The van der Waals surface area contributed by atoms with Crippen LogP contribution in [0.15, 0.2) is 22.7 Å². The Balaban J connectivity index is 2.09. The molecule has 1 aliphatic heterocycles. The largest absolute Gasteiger partial charge is 0.495 e. The van der Waals surface area contributed by atoms with E-state index in [0.717, 1.165) is 22.3 Å². The first kappa shape index (κ1) is 12.1. The zero-order valence-corrected chi connectivity index (χ0v) is 12.0. The standard InChI is InChI=1S/C14H17BrN2O/c1-18-11-7-4-5-9-12(15)14(17-13(9)11)10-6-2-3-8-16-10/h4-5,7,10,16-17H,2-3,6,8H2,1H3. The smallest absolute Gasteiger partial charge is 0.142 e. The van der Waals surface area contributed by atoms with Crippen LogP contribution < -0.4 is 10.1 Å². The van der Waals surface area contributed by atoms with Crippen molar-refractivity contribution < 1.29 is 4.74 Å². The summed E-state index contributed by atoms with van der Waals surface area (Å²) in [6.07, 6.45) is 3.75. The number of rotatable bonds is 2. The highest BCUT2D eigenvalue weighted by molar-refractivity contribution is 9.10. The number of H-pyrrole nitrogens is 1. The Morgan fingerprint density at radius 2 is 2.22 bits per heavy atom. The summed E-state index contributed by atoms with van der Waals surface area (Å²) in [6, 6.07) is 6.55. The second-order valence-electron chi connectivity index (χ2n) is 4.74. The third-order valence-corrected chi connectivity index (χ3v) is 4.49. The predicted molar refractivity (Wildman–Crippen MR) is 77.1 cm³/mol. The van der Waals surface area contributed by atoms with Gasteiger partial charge in [-0.25, -0.2) is 0 Å². The third-order valence-electron chi connectivity index (χ3n) is 3.64. The molecule has 4 heteroatoms. The minimum Gasteiger partial charge on any atom is -0.495 e. The van der Waals surface area contributed by atoms with Crippen LogP contribution in [0.4, 0.5) is 0 Å². The number of piperidine rings is 1. The molecule has 3 nitrogen and oxygen atoms in total. The van der Waals surface area contributed by atoms with Crippen LogP contribution in [0.1, 0.15) is 31.0 Å². The Bertz CT molecular complexity index is 558. The highest BCUT2D eigenvalue weighted by Crippen LogP contribution is 2.37. The third kappa shape index (κ3) is 1.93. The van der Waals surface area contributed by atoms with Crippen molar-refractivity contribution in [3.05, 3.63) is 28.4 Å². The van der Waals surface area contributed by atoms with Crippen molar-refractivity contribution in [2.45, 2.75) is 25.3 Å². The van der Waals surface area contributed by atoms with E-state index in [-0.39, 0.29) is 0 Å². The number of benzene rings is 1. The maximum Gasteiger partial charge on any atom is 0.142 e. The van der Waals surface area contributed by atoms with Crippen LogP contribution in [0.5, 0.6) is 5.75 Å². The van der Waals surface area contributed by atoms with Crippen LogP contribution in [0, 0.1) is 0 Å². The molecule has 3 rings (SSSR count). The van der Waals surface area contributed by atoms with Crippen LogP contribution in [-0.2, 0) is 0 Å². The minimum atomic E-state index is 0.422. The number of hydrogen-bond donors (Lipinski definition) is 2. The lowest BCUT2D eigenvalue weighted by Crippen LogP contribution is -2.27. The van der Waals surface area contributed by atoms with Gasteiger partial charge in [0.1, 0.15) is 5.75 Å². The summed E-state index contributed by atoms with van der Waals surface area (Å²) in [5.74, 6) is 0.898. The van der Waals surface area contributed by atoms with Crippen molar-refractivity contribution in [1.29, 1.82) is 0 Å². The lowest BCUT2D eigenvalue weighted by Gasteiger charge is -2.23. The van der Waals surface area contributed by atoms with Gasteiger partial charge in [0.15, 0.2) is 0 Å². The molecule has 0 saturated carbocycles. The maximum atomic E-state index is 5.41. The summed E-state index contributed by atoms with van der Waals surface area (Å²) in [5.41, 5.74) is 2.32. The van der Waals surface area contributed by atoms with Crippen LogP contribution in [0.3, 0.4) is 0 Å². The number of nitrogens with one attached hydrogen (secondary N) is 2. The highest BCUT2D eigenvalue weighted by Gasteiger charge is 2.21. The molecular weight excluding hydrogens is 292 g/mol. The van der Waals surface area contributed by atoms with Gasteiger partial charge in [0.2, 0.25) is 0 Å². The Morgan fingerprint density at radius 1 is 1.33 bits per heavy atom. The Labute approximate surface area is 115 Å². The molecule has 0 aliphatic carbocycles. The van der Waals surface area contributed by atoms with Gasteiger partial charge >= 0.3 is 0 Å². The zero-order chi connectivity index (χ0) is 12.5. The number of aromatic amines is 1. The van der Waals surface area contributed by atoms with E-state index in [2.05, 4.69) is 32.3 Å². The normalized spacial score (nSPS) is 20.2. The zero-order valence-electron chi connectivity index (χ0n) is 10.4. The quantitative estimate of drug-likeness (QED) is 0.886. The van der Waals surface area contributed by atoms with Crippen molar-refractivity contribution in [2.24, 2.45) is 0 Å². The Kier molecular flexibility index (Phi) is 3.31. The van der Waals surface area contributed by atoms with Crippen molar-refractivity contribution in [2.75, 3.05) is 13.7 Å². The first-order chi connectivity index (χ1) is 8.81. The maximum absolute atomic E-state index is 5.41. The SMILES string of the molecule is COc1cccc2c(Br)c(C3CCCCN3)[nH]c12. The average molecular weight is 309 g/mol. The summed E-state index contributed by atoms with van der Waals surface area (Å²) in [6.45, 7) is 1.10. The van der Waals surface area contributed by atoms with E-state index < -0.39 is 0 Å². The molecule has 1 fully saturated rings. The molecule has 0 spiro atoms. The van der Waals surface area contributed by atoms with Crippen LogP contribution in [-0.4, -0.2) is 18.6 Å². The Morgan fingerprint density at radius 3 is 2.94 bits per heavy atom. The van der Waals surface area contributed by atoms with Gasteiger partial charge in [0.05, 0.1) is 12.6 Å². The fraction of sp³-hybridized carbons (Fsp3) is 0.429.